The summed E-state index contributed by atoms with van der Waals surface area (Å²) in [6.07, 6.45) is 6.05. The molecule has 2 fully saturated rings. The van der Waals surface area contributed by atoms with E-state index in [4.69, 9.17) is 5.73 Å². The van der Waals surface area contributed by atoms with Crippen LogP contribution < -0.4 is 5.73 Å². The lowest BCUT2D eigenvalue weighted by Crippen LogP contribution is -2.37. The van der Waals surface area contributed by atoms with Gasteiger partial charge in [-0.1, -0.05) is 13.3 Å². The molecule has 0 heterocycles. The third-order valence-corrected chi connectivity index (χ3v) is 4.93. The zero-order valence-electron chi connectivity index (χ0n) is 11.2. The van der Waals surface area contributed by atoms with E-state index >= 15 is 0 Å². The topological polar surface area (TPSA) is 29.3 Å². The summed E-state index contributed by atoms with van der Waals surface area (Å²) >= 11 is 0. The molecule has 2 aliphatic carbocycles. The number of hydrogen-bond acceptors (Lipinski definition) is 2. The van der Waals surface area contributed by atoms with Gasteiger partial charge < -0.3 is 10.6 Å². The first-order chi connectivity index (χ1) is 7.56. The molecule has 5 atom stereocenters. The standard InChI is InChI=1S/C14H28N2/c1-10(11(2)15)8-16(3)9-14-7-12-4-5-13(14)6-12/h10-14H,4-9,15H2,1-3H3. The van der Waals surface area contributed by atoms with Crippen molar-refractivity contribution >= 4 is 0 Å². The summed E-state index contributed by atoms with van der Waals surface area (Å²) in [5.41, 5.74) is 5.93. The van der Waals surface area contributed by atoms with Crippen LogP contribution >= 0.6 is 0 Å². The Morgan fingerprint density at radius 3 is 2.50 bits per heavy atom. The molecule has 2 N–H and O–H groups in total. The van der Waals surface area contributed by atoms with E-state index in [0.717, 1.165) is 24.3 Å². The van der Waals surface area contributed by atoms with Gasteiger partial charge >= 0.3 is 0 Å². The van der Waals surface area contributed by atoms with Crippen LogP contribution in [0.1, 0.15) is 39.5 Å². The van der Waals surface area contributed by atoms with Crippen molar-refractivity contribution in [1.29, 1.82) is 0 Å². The Morgan fingerprint density at radius 2 is 2.00 bits per heavy atom. The molecular formula is C14H28N2. The minimum absolute atomic E-state index is 0.322. The van der Waals surface area contributed by atoms with Crippen molar-refractivity contribution in [2.24, 2.45) is 29.4 Å². The van der Waals surface area contributed by atoms with Crippen molar-refractivity contribution in [3.05, 3.63) is 0 Å². The Hall–Kier alpha value is -0.0800. The molecule has 5 unspecified atom stereocenters. The largest absolute Gasteiger partial charge is 0.328 e. The molecule has 2 heteroatoms. The monoisotopic (exact) mass is 224 g/mol. The van der Waals surface area contributed by atoms with Crippen molar-refractivity contribution in [1.82, 2.24) is 4.90 Å². The van der Waals surface area contributed by atoms with Gasteiger partial charge in [0, 0.05) is 19.1 Å². The summed E-state index contributed by atoms with van der Waals surface area (Å²) < 4.78 is 0. The Kier molecular flexibility index (Phi) is 3.91. The lowest BCUT2D eigenvalue weighted by Gasteiger charge is -2.29. The second-order valence-electron chi connectivity index (χ2n) is 6.49. The van der Waals surface area contributed by atoms with Crippen LogP contribution in [0.25, 0.3) is 0 Å². The number of fused-ring (bicyclic) bond motifs is 2. The normalized spacial score (nSPS) is 36.9. The van der Waals surface area contributed by atoms with Gasteiger partial charge in [-0.15, -0.1) is 0 Å². The number of rotatable bonds is 5. The first-order valence-electron chi connectivity index (χ1n) is 7.00. The molecule has 0 aromatic heterocycles. The molecule has 94 valence electrons. The maximum Gasteiger partial charge on any atom is 0.00483 e. The highest BCUT2D eigenvalue weighted by Gasteiger charge is 2.39. The third kappa shape index (κ3) is 2.78. The van der Waals surface area contributed by atoms with Crippen LogP contribution in [0, 0.1) is 23.7 Å². The average molecular weight is 224 g/mol. The van der Waals surface area contributed by atoms with Crippen LogP contribution in [0.15, 0.2) is 0 Å². The SMILES string of the molecule is CC(N)C(C)CN(C)CC1CC2CCC1C2. The predicted molar refractivity (Wildman–Crippen MR) is 69.2 cm³/mol. The van der Waals surface area contributed by atoms with Crippen LogP contribution in [0.2, 0.25) is 0 Å². The molecule has 0 aliphatic heterocycles. The van der Waals surface area contributed by atoms with E-state index in [1.54, 1.807) is 0 Å². The smallest absolute Gasteiger partial charge is 0.00483 e. The Bertz CT molecular complexity index is 227. The summed E-state index contributed by atoms with van der Waals surface area (Å²) in [6.45, 7) is 6.85. The second kappa shape index (κ2) is 5.05. The van der Waals surface area contributed by atoms with Crippen molar-refractivity contribution in [3.8, 4) is 0 Å². The summed E-state index contributed by atoms with van der Waals surface area (Å²) in [7, 11) is 2.27. The molecule has 0 radical (unpaired) electrons. The van der Waals surface area contributed by atoms with E-state index in [9.17, 15) is 0 Å². The highest BCUT2D eigenvalue weighted by atomic mass is 15.1. The lowest BCUT2D eigenvalue weighted by atomic mass is 9.88. The van der Waals surface area contributed by atoms with Gasteiger partial charge in [0.2, 0.25) is 0 Å². The molecular weight excluding hydrogens is 196 g/mol. The van der Waals surface area contributed by atoms with E-state index in [-0.39, 0.29) is 0 Å². The quantitative estimate of drug-likeness (QED) is 0.776. The Morgan fingerprint density at radius 1 is 1.25 bits per heavy atom. The average Bonchev–Trinajstić information content (AvgIpc) is 2.78. The van der Waals surface area contributed by atoms with Crippen molar-refractivity contribution in [2.45, 2.75) is 45.6 Å². The molecule has 2 aliphatic rings. The molecule has 0 saturated heterocycles. The van der Waals surface area contributed by atoms with Crippen LogP contribution in [0.5, 0.6) is 0 Å². The van der Waals surface area contributed by atoms with E-state index in [1.165, 1.54) is 32.2 Å². The van der Waals surface area contributed by atoms with Crippen molar-refractivity contribution in [2.75, 3.05) is 20.1 Å². The van der Waals surface area contributed by atoms with Crippen LogP contribution in [0.4, 0.5) is 0 Å². The highest BCUT2D eigenvalue weighted by molar-refractivity contribution is 4.91. The van der Waals surface area contributed by atoms with Crippen LogP contribution in [-0.4, -0.2) is 31.1 Å². The van der Waals surface area contributed by atoms with E-state index in [2.05, 4.69) is 25.8 Å². The molecule has 2 rings (SSSR count). The first-order valence-corrected chi connectivity index (χ1v) is 7.00. The molecule has 0 spiro atoms. The molecule has 2 nitrogen and oxygen atoms in total. The first kappa shape index (κ1) is 12.4. The minimum atomic E-state index is 0.322. The fraction of sp³-hybridized carbons (Fsp3) is 1.00. The van der Waals surface area contributed by atoms with E-state index < -0.39 is 0 Å². The Labute approximate surface area is 101 Å². The predicted octanol–water partition coefficient (Wildman–Crippen LogP) is 2.34. The van der Waals surface area contributed by atoms with Gasteiger partial charge in [-0.05, 0) is 56.9 Å². The van der Waals surface area contributed by atoms with Gasteiger partial charge in [0.1, 0.15) is 0 Å². The Balaban J connectivity index is 1.73. The van der Waals surface area contributed by atoms with Gasteiger partial charge in [0.25, 0.3) is 0 Å². The van der Waals surface area contributed by atoms with Gasteiger partial charge in [0.05, 0.1) is 0 Å². The maximum absolute atomic E-state index is 5.93. The molecule has 0 amide bonds. The van der Waals surface area contributed by atoms with Crippen molar-refractivity contribution in [3.63, 3.8) is 0 Å². The molecule has 0 aromatic carbocycles. The van der Waals surface area contributed by atoms with Gasteiger partial charge in [-0.25, -0.2) is 0 Å². The lowest BCUT2D eigenvalue weighted by molar-refractivity contribution is 0.194. The minimum Gasteiger partial charge on any atom is -0.328 e. The summed E-state index contributed by atoms with van der Waals surface area (Å²) in [5, 5.41) is 0. The summed E-state index contributed by atoms with van der Waals surface area (Å²) in [6, 6.07) is 0.322. The highest BCUT2D eigenvalue weighted by Crippen LogP contribution is 2.48. The number of nitrogens with zero attached hydrogens (tertiary/aromatic N) is 1. The maximum atomic E-state index is 5.93. The second-order valence-corrected chi connectivity index (χ2v) is 6.49. The van der Waals surface area contributed by atoms with E-state index in [0.29, 0.717) is 12.0 Å². The van der Waals surface area contributed by atoms with E-state index in [1.807, 2.05) is 0 Å². The summed E-state index contributed by atoms with van der Waals surface area (Å²) in [4.78, 5) is 2.51. The number of hydrogen-bond donors (Lipinski definition) is 1. The van der Waals surface area contributed by atoms with Gasteiger partial charge in [-0.3, -0.25) is 0 Å². The fourth-order valence-corrected chi connectivity index (χ4v) is 3.73. The molecule has 2 bridgehead atoms. The zero-order valence-corrected chi connectivity index (χ0v) is 11.2. The van der Waals surface area contributed by atoms with Crippen LogP contribution in [0.3, 0.4) is 0 Å². The van der Waals surface area contributed by atoms with Gasteiger partial charge in [-0.2, -0.15) is 0 Å². The van der Waals surface area contributed by atoms with Crippen molar-refractivity contribution < 1.29 is 0 Å². The molecule has 16 heavy (non-hydrogen) atoms. The van der Waals surface area contributed by atoms with Crippen LogP contribution in [-0.2, 0) is 0 Å². The number of nitrogens with two attached hydrogens (primary N) is 1. The summed E-state index contributed by atoms with van der Waals surface area (Å²) in [5.74, 6) is 3.74. The fourth-order valence-electron chi connectivity index (χ4n) is 3.73. The zero-order chi connectivity index (χ0) is 11.7. The molecule has 2 saturated carbocycles. The van der Waals surface area contributed by atoms with Gasteiger partial charge in [0.15, 0.2) is 0 Å². The third-order valence-electron chi connectivity index (χ3n) is 4.93. The molecule has 0 aromatic rings.